The summed E-state index contributed by atoms with van der Waals surface area (Å²) in [5, 5.41) is 0. The highest BCUT2D eigenvalue weighted by Crippen LogP contribution is 2.20. The summed E-state index contributed by atoms with van der Waals surface area (Å²) >= 11 is 0. The van der Waals surface area contributed by atoms with E-state index < -0.39 is 0 Å². The molecule has 1 saturated heterocycles. The quantitative estimate of drug-likeness (QED) is 0.897. The molecule has 1 aromatic carbocycles. The molecular formula is C15H22N2O2. The molecule has 1 heterocycles. The van der Waals surface area contributed by atoms with Gasteiger partial charge in [0.05, 0.1) is 0 Å². The molecule has 104 valence electrons. The van der Waals surface area contributed by atoms with Crippen LogP contribution >= 0.6 is 0 Å². The van der Waals surface area contributed by atoms with Crippen LogP contribution in [0.3, 0.4) is 0 Å². The first-order valence-electron chi connectivity index (χ1n) is 6.81. The van der Waals surface area contributed by atoms with Crippen molar-refractivity contribution in [3.8, 4) is 5.75 Å². The first kappa shape index (κ1) is 13.9. The lowest BCUT2D eigenvalue weighted by atomic mass is 10.1. The fourth-order valence-electron chi connectivity index (χ4n) is 2.49. The second-order valence-corrected chi connectivity index (χ2v) is 5.18. The number of nitrogens with two attached hydrogens (primary N) is 1. The zero-order chi connectivity index (χ0) is 13.8. The highest BCUT2D eigenvalue weighted by atomic mass is 16.5. The number of nitrogens with zero attached hydrogens (tertiary/aromatic N) is 1. The standard InChI is InChI=1S/C15H22N2O2/c1-11-5-6-12(2)14(8-11)19-10-15(18)17-7-3-4-13(17)9-16/h5-6,8,13H,3-4,7,9-10,16H2,1-2H3/t13-/m0/s1. The van der Waals surface area contributed by atoms with E-state index >= 15 is 0 Å². The van der Waals surface area contributed by atoms with Crippen molar-refractivity contribution in [2.45, 2.75) is 32.7 Å². The van der Waals surface area contributed by atoms with Crippen molar-refractivity contribution in [3.63, 3.8) is 0 Å². The van der Waals surface area contributed by atoms with E-state index in [4.69, 9.17) is 10.5 Å². The molecule has 1 aromatic rings. The predicted octanol–water partition coefficient (Wildman–Crippen LogP) is 1.63. The first-order chi connectivity index (χ1) is 9.11. The Hall–Kier alpha value is -1.55. The second-order valence-electron chi connectivity index (χ2n) is 5.18. The Morgan fingerprint density at radius 1 is 1.47 bits per heavy atom. The summed E-state index contributed by atoms with van der Waals surface area (Å²) in [7, 11) is 0. The van der Waals surface area contributed by atoms with Gasteiger partial charge in [-0.1, -0.05) is 12.1 Å². The maximum absolute atomic E-state index is 12.1. The molecule has 1 aliphatic rings. The molecular weight excluding hydrogens is 240 g/mol. The second kappa shape index (κ2) is 6.06. The van der Waals surface area contributed by atoms with Crippen LogP contribution in [0.4, 0.5) is 0 Å². The molecule has 1 aliphatic heterocycles. The molecule has 1 fully saturated rings. The topological polar surface area (TPSA) is 55.6 Å². The Labute approximate surface area is 114 Å². The van der Waals surface area contributed by atoms with Crippen LogP contribution < -0.4 is 10.5 Å². The highest BCUT2D eigenvalue weighted by molar-refractivity contribution is 5.78. The van der Waals surface area contributed by atoms with E-state index in [2.05, 4.69) is 0 Å². The van der Waals surface area contributed by atoms with Gasteiger partial charge in [0.15, 0.2) is 6.61 Å². The minimum atomic E-state index is 0.0360. The Bertz CT molecular complexity index is 459. The molecule has 0 spiro atoms. The molecule has 0 radical (unpaired) electrons. The highest BCUT2D eigenvalue weighted by Gasteiger charge is 2.27. The normalized spacial score (nSPS) is 18.7. The van der Waals surface area contributed by atoms with Crippen LogP contribution in [0.2, 0.25) is 0 Å². The fourth-order valence-corrected chi connectivity index (χ4v) is 2.49. The molecule has 1 atom stereocenters. The number of rotatable bonds is 4. The number of benzene rings is 1. The van der Waals surface area contributed by atoms with Crippen LogP contribution in [0, 0.1) is 13.8 Å². The Kier molecular flexibility index (Phi) is 4.43. The summed E-state index contributed by atoms with van der Waals surface area (Å²) in [6, 6.07) is 6.20. The number of aryl methyl sites for hydroxylation is 2. The summed E-state index contributed by atoms with van der Waals surface area (Å²) in [4.78, 5) is 14.0. The van der Waals surface area contributed by atoms with Crippen molar-refractivity contribution in [2.24, 2.45) is 5.73 Å². The molecule has 2 rings (SSSR count). The molecule has 1 amide bonds. The first-order valence-corrected chi connectivity index (χ1v) is 6.81. The minimum Gasteiger partial charge on any atom is -0.483 e. The van der Waals surface area contributed by atoms with Crippen LogP contribution in [0.1, 0.15) is 24.0 Å². The third kappa shape index (κ3) is 3.26. The maximum atomic E-state index is 12.1. The average Bonchev–Trinajstić information content (AvgIpc) is 2.88. The van der Waals surface area contributed by atoms with Crippen molar-refractivity contribution >= 4 is 5.91 Å². The summed E-state index contributed by atoms with van der Waals surface area (Å²) in [5.41, 5.74) is 7.86. The summed E-state index contributed by atoms with van der Waals surface area (Å²) in [6.45, 7) is 5.43. The molecule has 0 aromatic heterocycles. The summed E-state index contributed by atoms with van der Waals surface area (Å²) in [5.74, 6) is 0.825. The van der Waals surface area contributed by atoms with Crippen molar-refractivity contribution in [1.29, 1.82) is 0 Å². The van der Waals surface area contributed by atoms with E-state index in [-0.39, 0.29) is 18.6 Å². The number of hydrogen-bond donors (Lipinski definition) is 1. The number of likely N-dealkylation sites (tertiary alicyclic amines) is 1. The third-order valence-electron chi connectivity index (χ3n) is 3.66. The molecule has 4 heteroatoms. The number of carbonyl (C=O) groups excluding carboxylic acids is 1. The van der Waals surface area contributed by atoms with E-state index in [1.807, 2.05) is 36.9 Å². The van der Waals surface area contributed by atoms with Gasteiger partial charge in [-0.2, -0.15) is 0 Å². The number of hydrogen-bond acceptors (Lipinski definition) is 3. The number of amides is 1. The molecule has 0 saturated carbocycles. The smallest absolute Gasteiger partial charge is 0.260 e. The van der Waals surface area contributed by atoms with Gasteiger partial charge in [-0.3, -0.25) is 4.79 Å². The maximum Gasteiger partial charge on any atom is 0.260 e. The van der Waals surface area contributed by atoms with Crippen molar-refractivity contribution in [3.05, 3.63) is 29.3 Å². The van der Waals surface area contributed by atoms with Gasteiger partial charge < -0.3 is 15.4 Å². The van der Waals surface area contributed by atoms with E-state index in [0.29, 0.717) is 6.54 Å². The van der Waals surface area contributed by atoms with Crippen molar-refractivity contribution in [2.75, 3.05) is 19.7 Å². The van der Waals surface area contributed by atoms with Crippen molar-refractivity contribution < 1.29 is 9.53 Å². The van der Waals surface area contributed by atoms with E-state index in [9.17, 15) is 4.79 Å². The van der Waals surface area contributed by atoms with Crippen LogP contribution in [0.5, 0.6) is 5.75 Å². The predicted molar refractivity (Wildman–Crippen MR) is 75.2 cm³/mol. The average molecular weight is 262 g/mol. The van der Waals surface area contributed by atoms with Crippen LogP contribution in [0.25, 0.3) is 0 Å². The molecule has 19 heavy (non-hydrogen) atoms. The Balaban J connectivity index is 1.95. The van der Waals surface area contributed by atoms with E-state index in [0.717, 1.165) is 36.3 Å². The van der Waals surface area contributed by atoms with Crippen LogP contribution in [-0.4, -0.2) is 36.5 Å². The SMILES string of the molecule is Cc1ccc(C)c(OCC(=O)N2CCC[C@H]2CN)c1. The fraction of sp³-hybridized carbons (Fsp3) is 0.533. The van der Waals surface area contributed by atoms with Crippen molar-refractivity contribution in [1.82, 2.24) is 4.90 Å². The minimum absolute atomic E-state index is 0.0360. The largest absolute Gasteiger partial charge is 0.483 e. The molecule has 2 N–H and O–H groups in total. The van der Waals surface area contributed by atoms with E-state index in [1.165, 1.54) is 0 Å². The van der Waals surface area contributed by atoms with Crippen LogP contribution in [-0.2, 0) is 4.79 Å². The molecule has 0 aliphatic carbocycles. The van der Waals surface area contributed by atoms with Gasteiger partial charge >= 0.3 is 0 Å². The van der Waals surface area contributed by atoms with Gasteiger partial charge in [-0.05, 0) is 43.9 Å². The molecule has 0 unspecified atom stereocenters. The molecule has 0 bridgehead atoms. The lowest BCUT2D eigenvalue weighted by Gasteiger charge is -2.23. The lowest BCUT2D eigenvalue weighted by Crippen LogP contribution is -2.42. The number of carbonyl (C=O) groups is 1. The van der Waals surface area contributed by atoms with Gasteiger partial charge in [0.25, 0.3) is 5.91 Å². The van der Waals surface area contributed by atoms with Crippen LogP contribution in [0.15, 0.2) is 18.2 Å². The Morgan fingerprint density at radius 3 is 3.00 bits per heavy atom. The summed E-state index contributed by atoms with van der Waals surface area (Å²) < 4.78 is 5.65. The van der Waals surface area contributed by atoms with Gasteiger partial charge in [0.2, 0.25) is 0 Å². The Morgan fingerprint density at radius 2 is 2.26 bits per heavy atom. The monoisotopic (exact) mass is 262 g/mol. The van der Waals surface area contributed by atoms with E-state index in [1.54, 1.807) is 0 Å². The van der Waals surface area contributed by atoms with Gasteiger partial charge in [-0.25, -0.2) is 0 Å². The lowest BCUT2D eigenvalue weighted by molar-refractivity contribution is -0.134. The zero-order valence-corrected chi connectivity index (χ0v) is 11.7. The third-order valence-corrected chi connectivity index (χ3v) is 3.66. The van der Waals surface area contributed by atoms with Gasteiger partial charge in [0.1, 0.15) is 5.75 Å². The summed E-state index contributed by atoms with van der Waals surface area (Å²) in [6.07, 6.45) is 2.04. The van der Waals surface area contributed by atoms with Gasteiger partial charge in [-0.15, -0.1) is 0 Å². The molecule has 4 nitrogen and oxygen atoms in total. The number of ether oxygens (including phenoxy) is 1. The van der Waals surface area contributed by atoms with Gasteiger partial charge in [0, 0.05) is 19.1 Å². The zero-order valence-electron chi connectivity index (χ0n) is 11.7.